The lowest BCUT2D eigenvalue weighted by atomic mass is 10.2. The van der Waals surface area contributed by atoms with Crippen molar-refractivity contribution in [2.45, 2.75) is 13.1 Å². The molecule has 0 saturated heterocycles. The van der Waals surface area contributed by atoms with E-state index >= 15 is 0 Å². The van der Waals surface area contributed by atoms with Gasteiger partial charge < -0.3 is 14.8 Å². The molecule has 2 aromatic rings. The lowest BCUT2D eigenvalue weighted by molar-refractivity contribution is 0.405. The van der Waals surface area contributed by atoms with Crippen LogP contribution in [-0.4, -0.2) is 14.2 Å². The second kappa shape index (κ2) is 9.40. The van der Waals surface area contributed by atoms with E-state index < -0.39 is 0 Å². The number of hydrogen-bond acceptors (Lipinski definition) is 3. The molecular weight excluding hydrogens is 433 g/mol. The van der Waals surface area contributed by atoms with Crippen LogP contribution < -0.4 is 14.8 Å². The first-order valence-corrected chi connectivity index (χ1v) is 8.08. The van der Waals surface area contributed by atoms with Gasteiger partial charge in [0.15, 0.2) is 0 Å². The molecule has 0 aliphatic rings. The summed E-state index contributed by atoms with van der Waals surface area (Å²) < 4.78 is 12.6. The lowest BCUT2D eigenvalue weighted by Crippen LogP contribution is -2.13. The average Bonchev–Trinajstić information content (AvgIpc) is 2.47. The standard InChI is InChI=1S/C16H17Br2NO2.ClH/c1-20-14-5-3-11(4-6-14)9-19-10-12-7-13(17)8-15(18)16(12)21-2;/h3-8,19H,9-10H2,1-2H3;1H. The van der Waals surface area contributed by atoms with Crippen molar-refractivity contribution in [2.24, 2.45) is 0 Å². The molecule has 6 heteroatoms. The second-order valence-corrected chi connectivity index (χ2v) is 6.30. The minimum absolute atomic E-state index is 0. The van der Waals surface area contributed by atoms with Gasteiger partial charge >= 0.3 is 0 Å². The van der Waals surface area contributed by atoms with Crippen molar-refractivity contribution in [1.82, 2.24) is 5.32 Å². The van der Waals surface area contributed by atoms with Gasteiger partial charge in [-0.3, -0.25) is 0 Å². The van der Waals surface area contributed by atoms with Crippen LogP contribution in [0, 0.1) is 0 Å². The van der Waals surface area contributed by atoms with Crippen LogP contribution in [0.4, 0.5) is 0 Å². The maximum absolute atomic E-state index is 5.44. The Kier molecular flexibility index (Phi) is 8.25. The van der Waals surface area contributed by atoms with E-state index in [-0.39, 0.29) is 12.4 Å². The Morgan fingerprint density at radius 1 is 0.955 bits per heavy atom. The molecule has 0 atom stereocenters. The molecule has 0 bridgehead atoms. The largest absolute Gasteiger partial charge is 0.497 e. The second-order valence-electron chi connectivity index (χ2n) is 4.53. The van der Waals surface area contributed by atoms with Gasteiger partial charge in [0.05, 0.1) is 18.7 Å². The summed E-state index contributed by atoms with van der Waals surface area (Å²) in [5, 5.41) is 3.42. The molecule has 1 N–H and O–H groups in total. The van der Waals surface area contributed by atoms with Crippen LogP contribution in [0.15, 0.2) is 45.3 Å². The predicted octanol–water partition coefficient (Wildman–Crippen LogP) is 4.94. The van der Waals surface area contributed by atoms with E-state index in [1.807, 2.05) is 18.2 Å². The smallest absolute Gasteiger partial charge is 0.137 e. The molecule has 0 fully saturated rings. The maximum Gasteiger partial charge on any atom is 0.137 e. The first-order valence-electron chi connectivity index (χ1n) is 6.49. The molecule has 0 saturated carbocycles. The van der Waals surface area contributed by atoms with Crippen molar-refractivity contribution < 1.29 is 9.47 Å². The Labute approximate surface area is 154 Å². The summed E-state index contributed by atoms with van der Waals surface area (Å²) in [4.78, 5) is 0. The Morgan fingerprint density at radius 2 is 1.64 bits per heavy atom. The summed E-state index contributed by atoms with van der Waals surface area (Å²) >= 11 is 7.02. The van der Waals surface area contributed by atoms with Gasteiger partial charge in [0, 0.05) is 23.1 Å². The van der Waals surface area contributed by atoms with E-state index in [1.165, 1.54) is 5.56 Å². The third-order valence-electron chi connectivity index (χ3n) is 3.09. The molecule has 0 aliphatic carbocycles. The van der Waals surface area contributed by atoms with Gasteiger partial charge in [0.25, 0.3) is 0 Å². The molecule has 2 aromatic carbocycles. The Morgan fingerprint density at radius 3 is 2.23 bits per heavy atom. The molecule has 3 nitrogen and oxygen atoms in total. The number of methoxy groups -OCH3 is 2. The fourth-order valence-electron chi connectivity index (χ4n) is 2.06. The van der Waals surface area contributed by atoms with Crippen LogP contribution >= 0.6 is 44.3 Å². The highest BCUT2D eigenvalue weighted by molar-refractivity contribution is 9.11. The number of hydrogen-bond donors (Lipinski definition) is 1. The van der Waals surface area contributed by atoms with E-state index in [0.717, 1.165) is 39.1 Å². The van der Waals surface area contributed by atoms with Crippen molar-refractivity contribution in [1.29, 1.82) is 0 Å². The van der Waals surface area contributed by atoms with Crippen LogP contribution in [0.3, 0.4) is 0 Å². The highest BCUT2D eigenvalue weighted by atomic mass is 79.9. The number of ether oxygens (including phenoxy) is 2. The molecule has 0 spiro atoms. The molecule has 120 valence electrons. The van der Waals surface area contributed by atoms with Gasteiger partial charge in [-0.25, -0.2) is 0 Å². The van der Waals surface area contributed by atoms with Gasteiger partial charge in [0.1, 0.15) is 11.5 Å². The molecule has 22 heavy (non-hydrogen) atoms. The van der Waals surface area contributed by atoms with E-state index in [0.29, 0.717) is 0 Å². The SMILES string of the molecule is COc1ccc(CNCc2cc(Br)cc(Br)c2OC)cc1.Cl. The molecule has 0 heterocycles. The van der Waals surface area contributed by atoms with E-state index in [4.69, 9.17) is 9.47 Å². The minimum atomic E-state index is 0. The van der Waals surface area contributed by atoms with Crippen LogP contribution in [0.2, 0.25) is 0 Å². The van der Waals surface area contributed by atoms with Crippen molar-refractivity contribution in [3.63, 3.8) is 0 Å². The van der Waals surface area contributed by atoms with Crippen molar-refractivity contribution in [2.75, 3.05) is 14.2 Å². The van der Waals surface area contributed by atoms with E-state index in [2.05, 4.69) is 55.4 Å². The molecule has 0 unspecified atom stereocenters. The van der Waals surface area contributed by atoms with Gasteiger partial charge in [0.2, 0.25) is 0 Å². The van der Waals surface area contributed by atoms with Gasteiger partial charge in [-0.1, -0.05) is 28.1 Å². The van der Waals surface area contributed by atoms with Crippen molar-refractivity contribution in [3.8, 4) is 11.5 Å². The van der Waals surface area contributed by atoms with E-state index in [1.54, 1.807) is 14.2 Å². The summed E-state index contributed by atoms with van der Waals surface area (Å²) in [7, 11) is 3.35. The van der Waals surface area contributed by atoms with Crippen LogP contribution in [-0.2, 0) is 13.1 Å². The van der Waals surface area contributed by atoms with Crippen LogP contribution in [0.25, 0.3) is 0 Å². The zero-order valence-electron chi connectivity index (χ0n) is 12.4. The zero-order valence-corrected chi connectivity index (χ0v) is 16.3. The topological polar surface area (TPSA) is 30.5 Å². The number of halogens is 3. The summed E-state index contributed by atoms with van der Waals surface area (Å²) in [6.07, 6.45) is 0. The van der Waals surface area contributed by atoms with Gasteiger partial charge in [-0.2, -0.15) is 0 Å². The first-order chi connectivity index (χ1) is 10.1. The first kappa shape index (κ1) is 19.3. The molecule has 0 aromatic heterocycles. The molecule has 0 aliphatic heterocycles. The summed E-state index contributed by atoms with van der Waals surface area (Å²) in [5.41, 5.74) is 2.32. The number of rotatable bonds is 6. The maximum atomic E-state index is 5.44. The van der Waals surface area contributed by atoms with Crippen LogP contribution in [0.1, 0.15) is 11.1 Å². The van der Waals surface area contributed by atoms with Gasteiger partial charge in [-0.15, -0.1) is 12.4 Å². The fraction of sp³-hybridized carbons (Fsp3) is 0.250. The summed E-state index contributed by atoms with van der Waals surface area (Å²) in [6, 6.07) is 12.1. The minimum Gasteiger partial charge on any atom is -0.497 e. The zero-order chi connectivity index (χ0) is 15.2. The van der Waals surface area contributed by atoms with E-state index in [9.17, 15) is 0 Å². The number of nitrogens with one attached hydrogen (secondary N) is 1. The Hall–Kier alpha value is -0.750. The normalized spacial score (nSPS) is 10.0. The molecule has 0 radical (unpaired) electrons. The highest BCUT2D eigenvalue weighted by Gasteiger charge is 2.08. The monoisotopic (exact) mass is 449 g/mol. The summed E-state index contributed by atoms with van der Waals surface area (Å²) in [5.74, 6) is 1.73. The third kappa shape index (κ3) is 5.16. The average molecular weight is 452 g/mol. The summed E-state index contributed by atoms with van der Waals surface area (Å²) in [6.45, 7) is 1.52. The van der Waals surface area contributed by atoms with Crippen molar-refractivity contribution in [3.05, 3.63) is 56.5 Å². The lowest BCUT2D eigenvalue weighted by Gasteiger charge is -2.12. The Balaban J connectivity index is 0.00000242. The van der Waals surface area contributed by atoms with Crippen molar-refractivity contribution >= 4 is 44.3 Å². The predicted molar refractivity (Wildman–Crippen MR) is 99.2 cm³/mol. The molecule has 0 amide bonds. The van der Waals surface area contributed by atoms with Crippen LogP contribution in [0.5, 0.6) is 11.5 Å². The highest BCUT2D eigenvalue weighted by Crippen LogP contribution is 2.32. The number of benzene rings is 2. The molecule has 2 rings (SSSR count). The third-order valence-corrected chi connectivity index (χ3v) is 4.14. The fourth-order valence-corrected chi connectivity index (χ4v) is 3.53. The molecular formula is C16H18Br2ClNO2. The quantitative estimate of drug-likeness (QED) is 0.675. The van der Waals surface area contributed by atoms with Gasteiger partial charge in [-0.05, 0) is 45.8 Å². The Bertz CT molecular complexity index is 606.